The second kappa shape index (κ2) is 11.7. The average molecular weight is 750 g/mol. The van der Waals surface area contributed by atoms with Gasteiger partial charge in [0.1, 0.15) is 11.2 Å². The van der Waals surface area contributed by atoms with Crippen molar-refractivity contribution in [1.82, 2.24) is 14.9 Å². The van der Waals surface area contributed by atoms with Crippen molar-refractivity contribution in [3.8, 4) is 16.8 Å². The van der Waals surface area contributed by atoms with Gasteiger partial charge in [0, 0.05) is 59.9 Å². The second-order valence-corrected chi connectivity index (χ2v) is 16.2. The molecule has 5 nitrogen and oxygen atoms in total. The van der Waals surface area contributed by atoms with Gasteiger partial charge in [-0.05, 0) is 53.6 Å². The standard InChI is InChI=1S/C51H32N4OS/c1-3-13-31(14-4-1)49-52-50(55-51(54(49)55)32-15-5-2-6-16-32)41-21-11-20-39-38-27-25-33(29-46(38)57-48(39)41)35-19-12-24-44-47(35)40-28-26-34(30-45(40)56-44)53-42-22-9-7-17-36(42)37-18-8-10-23-43(37)53/h1-30,49,51H/p+1. The van der Waals surface area contributed by atoms with E-state index in [0.717, 1.165) is 33.5 Å². The summed E-state index contributed by atoms with van der Waals surface area (Å²) in [4.78, 5) is 0. The topological polar surface area (TPSA) is 36.1 Å². The highest BCUT2D eigenvalue weighted by molar-refractivity contribution is 7.26. The van der Waals surface area contributed by atoms with Gasteiger partial charge in [-0.15, -0.1) is 21.0 Å². The molecule has 2 aliphatic rings. The lowest BCUT2D eigenvalue weighted by Crippen LogP contribution is -2.30. The molecule has 2 unspecified atom stereocenters. The van der Waals surface area contributed by atoms with E-state index in [1.165, 1.54) is 69.8 Å². The van der Waals surface area contributed by atoms with Crippen molar-refractivity contribution in [3.05, 3.63) is 199 Å². The van der Waals surface area contributed by atoms with E-state index in [1.807, 2.05) is 11.3 Å². The summed E-state index contributed by atoms with van der Waals surface area (Å²) in [5.74, 6) is 1.16. The summed E-state index contributed by atoms with van der Waals surface area (Å²) in [5.41, 5.74) is 11.4. The molecule has 0 spiro atoms. The van der Waals surface area contributed by atoms with Crippen LogP contribution in [0, 0.1) is 0 Å². The van der Waals surface area contributed by atoms with Gasteiger partial charge in [0.25, 0.3) is 6.17 Å². The van der Waals surface area contributed by atoms with Crippen LogP contribution in [0.4, 0.5) is 0 Å². The molecule has 0 aliphatic carbocycles. The Kier molecular flexibility index (Phi) is 6.37. The predicted molar refractivity (Wildman–Crippen MR) is 234 cm³/mol. The van der Waals surface area contributed by atoms with Crippen molar-refractivity contribution < 1.29 is 9.10 Å². The summed E-state index contributed by atoms with van der Waals surface area (Å²) >= 11 is 1.88. The SMILES string of the molecule is c1ccc(C2NC(c3cccc4c3sc3cc(-c5cccc6oc7cc(-n8c9ccccc9c9ccccc98)ccc7c56)ccc34)=[N+]3C(c4ccccc4)N23)cc1. The van der Waals surface area contributed by atoms with E-state index in [-0.39, 0.29) is 12.3 Å². The largest absolute Gasteiger partial charge is 0.456 e. The van der Waals surface area contributed by atoms with Gasteiger partial charge in [-0.25, -0.2) is 5.32 Å². The fourth-order valence-electron chi connectivity index (χ4n) is 9.49. The first-order valence-electron chi connectivity index (χ1n) is 19.5. The molecule has 2 aliphatic heterocycles. The lowest BCUT2D eigenvalue weighted by molar-refractivity contribution is -0.457. The molecule has 1 saturated heterocycles. The van der Waals surface area contributed by atoms with Crippen molar-refractivity contribution in [2.45, 2.75) is 12.3 Å². The number of nitrogens with one attached hydrogen (secondary N) is 1. The van der Waals surface area contributed by atoms with Gasteiger partial charge < -0.3 is 8.98 Å². The van der Waals surface area contributed by atoms with Crippen molar-refractivity contribution in [2.24, 2.45) is 0 Å². The highest BCUT2D eigenvalue weighted by atomic mass is 32.1. The highest BCUT2D eigenvalue weighted by Gasteiger charge is 2.61. The summed E-state index contributed by atoms with van der Waals surface area (Å²) in [6, 6.07) is 65.7. The van der Waals surface area contributed by atoms with Crippen molar-refractivity contribution in [2.75, 3.05) is 0 Å². The number of hydrogen-bond donors (Lipinski definition) is 1. The Balaban J connectivity index is 0.929. The van der Waals surface area contributed by atoms with Crippen LogP contribution in [0.25, 0.3) is 80.7 Å². The zero-order valence-electron chi connectivity index (χ0n) is 30.6. The third kappa shape index (κ3) is 4.47. The number of hydrazone groups is 1. The first-order chi connectivity index (χ1) is 28.3. The monoisotopic (exact) mass is 749 g/mol. The Bertz CT molecular complexity index is 3410. The van der Waals surface area contributed by atoms with Gasteiger partial charge in [0.05, 0.1) is 21.3 Å². The molecule has 3 aromatic heterocycles. The van der Waals surface area contributed by atoms with Crippen LogP contribution in [-0.4, -0.2) is 20.1 Å². The van der Waals surface area contributed by atoms with Crippen molar-refractivity contribution in [3.63, 3.8) is 0 Å². The summed E-state index contributed by atoms with van der Waals surface area (Å²) in [7, 11) is 0. The van der Waals surface area contributed by atoms with Crippen LogP contribution in [0.2, 0.25) is 0 Å². The maximum atomic E-state index is 6.65. The van der Waals surface area contributed by atoms with Crippen LogP contribution in [0.5, 0.6) is 0 Å². The number of thiophene rings is 1. The minimum Gasteiger partial charge on any atom is -0.456 e. The van der Waals surface area contributed by atoms with E-state index >= 15 is 0 Å². The van der Waals surface area contributed by atoms with Crippen LogP contribution in [0.15, 0.2) is 186 Å². The molecule has 0 bridgehead atoms. The molecular weight excluding hydrogens is 717 g/mol. The number of aromatic nitrogens is 1. The summed E-state index contributed by atoms with van der Waals surface area (Å²) in [5, 5.41) is 13.7. The molecule has 13 rings (SSSR count). The minimum atomic E-state index is 0.0611. The molecular formula is C51H33N4OS+. The Morgan fingerprint density at radius 1 is 0.526 bits per heavy atom. The van der Waals surface area contributed by atoms with E-state index in [2.05, 4.69) is 202 Å². The van der Waals surface area contributed by atoms with Gasteiger partial charge in [-0.1, -0.05) is 133 Å². The van der Waals surface area contributed by atoms with E-state index in [9.17, 15) is 0 Å². The van der Waals surface area contributed by atoms with Crippen LogP contribution in [-0.2, 0) is 0 Å². The normalized spacial score (nSPS) is 16.5. The van der Waals surface area contributed by atoms with Crippen LogP contribution in [0.1, 0.15) is 29.0 Å². The highest BCUT2D eigenvalue weighted by Crippen LogP contribution is 2.49. The lowest BCUT2D eigenvalue weighted by atomic mass is 9.98. The number of rotatable bonds is 5. The zero-order valence-corrected chi connectivity index (χ0v) is 31.4. The quantitative estimate of drug-likeness (QED) is 0.141. The van der Waals surface area contributed by atoms with Crippen molar-refractivity contribution >= 4 is 81.1 Å². The summed E-state index contributed by atoms with van der Waals surface area (Å²) < 4.78 is 14.0. The summed E-state index contributed by atoms with van der Waals surface area (Å²) in [6.45, 7) is 0. The molecule has 6 heteroatoms. The van der Waals surface area contributed by atoms with Crippen LogP contribution >= 0.6 is 11.3 Å². The van der Waals surface area contributed by atoms with E-state index in [0.29, 0.717) is 0 Å². The number of para-hydroxylation sites is 2. The molecule has 2 atom stereocenters. The number of hydrogen-bond acceptors (Lipinski definition) is 4. The van der Waals surface area contributed by atoms with E-state index < -0.39 is 0 Å². The molecule has 268 valence electrons. The Morgan fingerprint density at radius 2 is 1.19 bits per heavy atom. The van der Waals surface area contributed by atoms with Gasteiger partial charge in [-0.3, -0.25) is 0 Å². The molecule has 0 saturated carbocycles. The maximum Gasteiger partial charge on any atom is 0.306 e. The maximum absolute atomic E-state index is 6.65. The minimum absolute atomic E-state index is 0.0611. The third-order valence-corrected chi connectivity index (χ3v) is 13.2. The van der Waals surface area contributed by atoms with Gasteiger partial charge in [0.15, 0.2) is 0 Å². The molecule has 1 N–H and O–H groups in total. The smallest absolute Gasteiger partial charge is 0.306 e. The number of amidine groups is 1. The molecule has 0 amide bonds. The molecule has 11 aromatic rings. The van der Waals surface area contributed by atoms with E-state index in [1.54, 1.807) is 0 Å². The predicted octanol–water partition coefficient (Wildman–Crippen LogP) is 12.7. The van der Waals surface area contributed by atoms with E-state index in [4.69, 9.17) is 4.42 Å². The fraction of sp³-hybridized carbons (Fsp3) is 0.0392. The Morgan fingerprint density at radius 3 is 1.98 bits per heavy atom. The Labute approximate surface area is 331 Å². The molecule has 0 radical (unpaired) electrons. The zero-order chi connectivity index (χ0) is 37.2. The van der Waals surface area contributed by atoms with Gasteiger partial charge in [0.2, 0.25) is 6.17 Å². The van der Waals surface area contributed by atoms with Crippen LogP contribution < -0.4 is 5.32 Å². The number of nitrogens with zero attached hydrogens (tertiary/aromatic N) is 3. The first kappa shape index (κ1) is 31.1. The van der Waals surface area contributed by atoms with Crippen molar-refractivity contribution in [1.29, 1.82) is 0 Å². The van der Waals surface area contributed by atoms with Crippen LogP contribution in [0.3, 0.4) is 0 Å². The Hall–Kier alpha value is -7.15. The second-order valence-electron chi connectivity index (χ2n) is 15.1. The lowest BCUT2D eigenvalue weighted by Gasteiger charge is -2.11. The molecule has 57 heavy (non-hydrogen) atoms. The fourth-order valence-corrected chi connectivity index (χ4v) is 10.7. The van der Waals surface area contributed by atoms with Gasteiger partial charge in [-0.2, -0.15) is 0 Å². The first-order valence-corrected chi connectivity index (χ1v) is 20.3. The summed E-state index contributed by atoms with van der Waals surface area (Å²) in [6.07, 6.45) is 0.248. The molecule has 8 aromatic carbocycles. The number of fused-ring (bicyclic) bond motifs is 10. The number of hydrazine groups is 1. The number of furan rings is 1. The number of benzene rings is 8. The van der Waals surface area contributed by atoms with Gasteiger partial charge >= 0.3 is 5.84 Å². The molecule has 5 heterocycles. The molecule has 1 fully saturated rings. The third-order valence-electron chi connectivity index (χ3n) is 12.0. The average Bonchev–Trinajstić information content (AvgIpc) is 3.58.